The molecule has 4 heteroatoms. The topological polar surface area (TPSA) is 38.7 Å². The van der Waals surface area contributed by atoms with Crippen LogP contribution in [-0.2, 0) is 0 Å². The Balaban J connectivity index is 1.56. The van der Waals surface area contributed by atoms with Crippen molar-refractivity contribution in [2.24, 2.45) is 0 Å². The molecule has 0 aliphatic rings. The summed E-state index contributed by atoms with van der Waals surface area (Å²) in [6.07, 6.45) is 0. The minimum absolute atomic E-state index is 0.516. The van der Waals surface area contributed by atoms with Gasteiger partial charge in [-0.15, -0.1) is 0 Å². The molecule has 0 atom stereocenters. The van der Waals surface area contributed by atoms with E-state index in [0.29, 0.717) is 16.4 Å². The van der Waals surface area contributed by atoms with Gasteiger partial charge in [-0.25, -0.2) is 15.0 Å². The third kappa shape index (κ3) is 4.30. The molecule has 0 N–H and O–H groups in total. The smallest absolute Gasteiger partial charge is 0.200 e. The van der Waals surface area contributed by atoms with Crippen molar-refractivity contribution in [3.05, 3.63) is 114 Å². The molecule has 0 fully saturated rings. The minimum Gasteiger partial charge on any atom is -0.208 e. The molecule has 3 nitrogen and oxygen atoms in total. The molecular formula is C27H18BrN3. The van der Waals surface area contributed by atoms with Gasteiger partial charge in [-0.3, -0.25) is 0 Å². The number of nitrogens with zero attached hydrogens (tertiary/aromatic N) is 3. The van der Waals surface area contributed by atoms with Gasteiger partial charge in [-0.2, -0.15) is 0 Å². The maximum Gasteiger partial charge on any atom is 0.200 e. The number of halogens is 1. The monoisotopic (exact) mass is 463 g/mol. The van der Waals surface area contributed by atoms with Crippen molar-refractivity contribution in [2.45, 2.75) is 0 Å². The van der Waals surface area contributed by atoms with E-state index in [1.807, 2.05) is 60.7 Å². The van der Waals surface area contributed by atoms with Crippen LogP contribution >= 0.6 is 15.9 Å². The zero-order valence-electron chi connectivity index (χ0n) is 16.6. The molecule has 5 aromatic rings. The van der Waals surface area contributed by atoms with Crippen LogP contribution in [-0.4, -0.2) is 15.0 Å². The third-order valence-electron chi connectivity index (χ3n) is 5.06. The SMILES string of the molecule is Brc1nc(-c2cccc(-c3ccccc3)c2)nc(-c2cccc(-c3ccccc3)c2)n1. The predicted octanol–water partition coefficient (Wildman–Crippen LogP) is 7.30. The normalized spacial score (nSPS) is 10.7. The van der Waals surface area contributed by atoms with Crippen molar-refractivity contribution in [3.8, 4) is 45.0 Å². The number of hydrogen-bond donors (Lipinski definition) is 0. The zero-order valence-corrected chi connectivity index (χ0v) is 18.2. The van der Waals surface area contributed by atoms with Crippen molar-refractivity contribution < 1.29 is 0 Å². The lowest BCUT2D eigenvalue weighted by molar-refractivity contribution is 1.03. The van der Waals surface area contributed by atoms with Gasteiger partial charge in [0, 0.05) is 11.1 Å². The Kier molecular flexibility index (Phi) is 5.38. The van der Waals surface area contributed by atoms with Crippen molar-refractivity contribution in [2.75, 3.05) is 0 Å². The summed E-state index contributed by atoms with van der Waals surface area (Å²) in [6, 6.07) is 37.1. The second-order valence-electron chi connectivity index (χ2n) is 7.15. The molecule has 4 aromatic carbocycles. The van der Waals surface area contributed by atoms with Gasteiger partial charge in [0.15, 0.2) is 11.6 Å². The van der Waals surface area contributed by atoms with Gasteiger partial charge in [-0.1, -0.05) is 97.1 Å². The van der Waals surface area contributed by atoms with Gasteiger partial charge in [0.05, 0.1) is 0 Å². The lowest BCUT2D eigenvalue weighted by Gasteiger charge is -2.08. The number of rotatable bonds is 4. The fraction of sp³-hybridized carbons (Fsp3) is 0. The first-order valence-electron chi connectivity index (χ1n) is 9.99. The number of benzene rings is 4. The van der Waals surface area contributed by atoms with Crippen LogP contribution in [0.2, 0.25) is 0 Å². The van der Waals surface area contributed by atoms with Crippen LogP contribution in [0.5, 0.6) is 0 Å². The second kappa shape index (κ2) is 8.62. The van der Waals surface area contributed by atoms with Gasteiger partial charge >= 0.3 is 0 Å². The maximum atomic E-state index is 4.79. The molecule has 31 heavy (non-hydrogen) atoms. The van der Waals surface area contributed by atoms with Gasteiger partial charge < -0.3 is 0 Å². The number of hydrogen-bond acceptors (Lipinski definition) is 3. The van der Waals surface area contributed by atoms with Crippen LogP contribution in [0.4, 0.5) is 0 Å². The summed E-state index contributed by atoms with van der Waals surface area (Å²) in [5.74, 6) is 1.28. The highest BCUT2D eigenvalue weighted by molar-refractivity contribution is 9.10. The highest BCUT2D eigenvalue weighted by Crippen LogP contribution is 2.28. The minimum atomic E-state index is 0.516. The molecule has 5 rings (SSSR count). The van der Waals surface area contributed by atoms with Crippen LogP contribution in [0.3, 0.4) is 0 Å². The average molecular weight is 464 g/mol. The van der Waals surface area contributed by atoms with Gasteiger partial charge in [0.1, 0.15) is 0 Å². The summed E-state index contributed by atoms with van der Waals surface area (Å²) >= 11 is 3.47. The molecule has 0 bridgehead atoms. The highest BCUT2D eigenvalue weighted by Gasteiger charge is 2.11. The van der Waals surface area contributed by atoms with Crippen LogP contribution in [0.25, 0.3) is 45.0 Å². The first-order valence-corrected chi connectivity index (χ1v) is 10.8. The molecule has 148 valence electrons. The third-order valence-corrected chi connectivity index (χ3v) is 5.42. The fourth-order valence-corrected chi connectivity index (χ4v) is 3.88. The maximum absolute atomic E-state index is 4.79. The largest absolute Gasteiger partial charge is 0.208 e. The quantitative estimate of drug-likeness (QED) is 0.280. The molecule has 1 heterocycles. The molecular weight excluding hydrogens is 446 g/mol. The lowest BCUT2D eigenvalue weighted by Crippen LogP contribution is -1.98. The van der Waals surface area contributed by atoms with Crippen molar-refractivity contribution in [1.29, 1.82) is 0 Å². The second-order valence-corrected chi connectivity index (χ2v) is 7.85. The molecule has 0 amide bonds. The molecule has 0 spiro atoms. The molecule has 0 aliphatic carbocycles. The van der Waals surface area contributed by atoms with Crippen LogP contribution < -0.4 is 0 Å². The molecule has 0 aliphatic heterocycles. The van der Waals surface area contributed by atoms with Crippen molar-refractivity contribution in [3.63, 3.8) is 0 Å². The Morgan fingerprint density at radius 3 is 1.23 bits per heavy atom. The number of aromatic nitrogens is 3. The van der Waals surface area contributed by atoms with E-state index in [-0.39, 0.29) is 0 Å². The molecule has 0 saturated heterocycles. The standard InChI is InChI=1S/C27H18BrN3/c28-27-30-25(23-15-7-13-21(17-23)19-9-3-1-4-10-19)29-26(31-27)24-16-8-14-22(18-24)20-11-5-2-6-12-20/h1-18H. The highest BCUT2D eigenvalue weighted by atomic mass is 79.9. The Morgan fingerprint density at radius 1 is 0.387 bits per heavy atom. The van der Waals surface area contributed by atoms with E-state index >= 15 is 0 Å². The fourth-order valence-electron chi connectivity index (χ4n) is 3.55. The Bertz CT molecular complexity index is 1230. The summed E-state index contributed by atoms with van der Waals surface area (Å²) in [5, 5.41) is 0. The summed E-state index contributed by atoms with van der Waals surface area (Å²) < 4.78 is 0.516. The summed E-state index contributed by atoms with van der Waals surface area (Å²) in [4.78, 5) is 13.9. The molecule has 1 aromatic heterocycles. The Morgan fingerprint density at radius 2 is 0.774 bits per heavy atom. The average Bonchev–Trinajstić information content (AvgIpc) is 2.85. The Labute approximate surface area is 189 Å². The molecule has 0 radical (unpaired) electrons. The van der Waals surface area contributed by atoms with Gasteiger partial charge in [0.25, 0.3) is 0 Å². The van der Waals surface area contributed by atoms with Crippen molar-refractivity contribution in [1.82, 2.24) is 15.0 Å². The summed E-state index contributed by atoms with van der Waals surface area (Å²) in [7, 11) is 0. The van der Waals surface area contributed by atoms with Crippen LogP contribution in [0.15, 0.2) is 114 Å². The van der Waals surface area contributed by atoms with Crippen LogP contribution in [0, 0.1) is 0 Å². The summed E-state index contributed by atoms with van der Waals surface area (Å²) in [6.45, 7) is 0. The van der Waals surface area contributed by atoms with E-state index in [9.17, 15) is 0 Å². The zero-order chi connectivity index (χ0) is 21.0. The summed E-state index contributed by atoms with van der Waals surface area (Å²) in [5.41, 5.74) is 6.47. The Hall–Kier alpha value is -3.63. The van der Waals surface area contributed by atoms with E-state index in [0.717, 1.165) is 33.4 Å². The first-order chi connectivity index (χ1) is 15.3. The van der Waals surface area contributed by atoms with E-state index in [2.05, 4.69) is 74.4 Å². The van der Waals surface area contributed by atoms with E-state index in [4.69, 9.17) is 4.98 Å². The first kappa shape index (κ1) is 19.3. The van der Waals surface area contributed by atoms with Crippen molar-refractivity contribution >= 4 is 15.9 Å². The van der Waals surface area contributed by atoms with Gasteiger partial charge in [0.2, 0.25) is 4.73 Å². The van der Waals surface area contributed by atoms with E-state index in [1.165, 1.54) is 0 Å². The molecule has 0 unspecified atom stereocenters. The lowest BCUT2D eigenvalue weighted by atomic mass is 10.0. The van der Waals surface area contributed by atoms with E-state index in [1.54, 1.807) is 0 Å². The van der Waals surface area contributed by atoms with Crippen LogP contribution in [0.1, 0.15) is 0 Å². The van der Waals surface area contributed by atoms with E-state index < -0.39 is 0 Å². The molecule has 0 saturated carbocycles. The predicted molar refractivity (Wildman–Crippen MR) is 129 cm³/mol. The van der Waals surface area contributed by atoms with Gasteiger partial charge in [-0.05, 0) is 50.3 Å².